The number of para-hydroxylation sites is 1. The van der Waals surface area contributed by atoms with Crippen LogP contribution in [-0.4, -0.2) is 30.9 Å². The zero-order valence-corrected chi connectivity index (χ0v) is 11.6. The number of hydrogen-bond acceptors (Lipinski definition) is 4. The van der Waals surface area contributed by atoms with E-state index in [0.29, 0.717) is 18.5 Å². The molecule has 5 nitrogen and oxygen atoms in total. The highest BCUT2D eigenvalue weighted by molar-refractivity contribution is 5.93. The Balaban J connectivity index is 2.62. The highest BCUT2D eigenvalue weighted by Crippen LogP contribution is 2.12. The van der Waals surface area contributed by atoms with Gasteiger partial charge in [0.2, 0.25) is 5.43 Å². The van der Waals surface area contributed by atoms with Crippen molar-refractivity contribution < 1.29 is 14.3 Å². The molecule has 2 rings (SSSR count). The maximum absolute atomic E-state index is 12.3. The van der Waals surface area contributed by atoms with Gasteiger partial charge in [0.05, 0.1) is 18.7 Å². The molecule has 0 atom stereocenters. The second-order valence-corrected chi connectivity index (χ2v) is 4.30. The fraction of sp³-hybridized carbons (Fsp3) is 0.333. The number of ether oxygens (including phenoxy) is 2. The maximum atomic E-state index is 12.3. The van der Waals surface area contributed by atoms with Crippen LogP contribution in [0.4, 0.5) is 0 Å². The normalized spacial score (nSPS) is 10.7. The van der Waals surface area contributed by atoms with Crippen molar-refractivity contribution in [3.8, 4) is 0 Å². The summed E-state index contributed by atoms with van der Waals surface area (Å²) in [5.74, 6) is -0.589. The van der Waals surface area contributed by atoms with Crippen LogP contribution < -0.4 is 5.43 Å². The molecule has 0 unspecified atom stereocenters. The molecule has 0 fully saturated rings. The number of rotatable bonds is 5. The Morgan fingerprint density at radius 3 is 2.75 bits per heavy atom. The summed E-state index contributed by atoms with van der Waals surface area (Å²) in [4.78, 5) is 24.2. The van der Waals surface area contributed by atoms with Gasteiger partial charge < -0.3 is 14.0 Å². The van der Waals surface area contributed by atoms with Crippen molar-refractivity contribution in [1.29, 1.82) is 0 Å². The molecule has 1 aromatic heterocycles. The summed E-state index contributed by atoms with van der Waals surface area (Å²) in [6, 6.07) is 7.19. The molecule has 5 heteroatoms. The largest absolute Gasteiger partial charge is 0.462 e. The average Bonchev–Trinajstić information content (AvgIpc) is 2.47. The Morgan fingerprint density at radius 1 is 1.30 bits per heavy atom. The quantitative estimate of drug-likeness (QED) is 0.781. The number of methoxy groups -OCH3 is 1. The van der Waals surface area contributed by atoms with Gasteiger partial charge in [-0.25, -0.2) is 4.79 Å². The Kier molecular flexibility index (Phi) is 4.53. The van der Waals surface area contributed by atoms with Crippen molar-refractivity contribution >= 4 is 16.9 Å². The fourth-order valence-electron chi connectivity index (χ4n) is 2.07. The van der Waals surface area contributed by atoms with E-state index in [2.05, 4.69) is 0 Å². The van der Waals surface area contributed by atoms with E-state index in [-0.39, 0.29) is 17.6 Å². The number of esters is 1. The number of carbonyl (C=O) groups excluding carboxylic acids is 1. The van der Waals surface area contributed by atoms with E-state index in [0.717, 1.165) is 5.52 Å². The molecule has 0 N–H and O–H groups in total. The van der Waals surface area contributed by atoms with Gasteiger partial charge in [-0.2, -0.15) is 0 Å². The van der Waals surface area contributed by atoms with Crippen molar-refractivity contribution in [2.75, 3.05) is 20.3 Å². The van der Waals surface area contributed by atoms with Gasteiger partial charge in [0.1, 0.15) is 5.56 Å². The van der Waals surface area contributed by atoms with Crippen molar-refractivity contribution in [1.82, 2.24) is 4.57 Å². The topological polar surface area (TPSA) is 57.5 Å². The maximum Gasteiger partial charge on any atom is 0.343 e. The number of benzene rings is 1. The summed E-state index contributed by atoms with van der Waals surface area (Å²) in [6.07, 6.45) is 1.54. The van der Waals surface area contributed by atoms with E-state index >= 15 is 0 Å². The van der Waals surface area contributed by atoms with Crippen LogP contribution in [0.2, 0.25) is 0 Å². The number of hydrogen-bond donors (Lipinski definition) is 0. The van der Waals surface area contributed by atoms with Crippen LogP contribution in [0.25, 0.3) is 10.9 Å². The molecule has 20 heavy (non-hydrogen) atoms. The van der Waals surface area contributed by atoms with Crippen LogP contribution in [0, 0.1) is 0 Å². The van der Waals surface area contributed by atoms with Crippen molar-refractivity contribution in [3.63, 3.8) is 0 Å². The molecule has 0 aliphatic heterocycles. The molecule has 0 aliphatic rings. The predicted octanol–water partition coefficient (Wildman–Crippen LogP) is 1.82. The summed E-state index contributed by atoms with van der Waals surface area (Å²) < 4.78 is 11.8. The minimum absolute atomic E-state index is 0.0571. The molecular formula is C15H17NO4. The third-order valence-corrected chi connectivity index (χ3v) is 3.02. The van der Waals surface area contributed by atoms with Crippen molar-refractivity contribution in [3.05, 3.63) is 46.2 Å². The number of aromatic nitrogens is 1. The molecule has 0 aliphatic carbocycles. The minimum atomic E-state index is -0.589. The van der Waals surface area contributed by atoms with Crippen LogP contribution in [0.5, 0.6) is 0 Å². The van der Waals surface area contributed by atoms with Gasteiger partial charge in [-0.1, -0.05) is 12.1 Å². The van der Waals surface area contributed by atoms with Gasteiger partial charge in [0, 0.05) is 25.2 Å². The van der Waals surface area contributed by atoms with Crippen LogP contribution in [0.15, 0.2) is 35.3 Å². The van der Waals surface area contributed by atoms with E-state index in [4.69, 9.17) is 9.47 Å². The highest BCUT2D eigenvalue weighted by Gasteiger charge is 2.15. The molecule has 1 aromatic carbocycles. The number of nitrogens with zero attached hydrogens (tertiary/aromatic N) is 1. The summed E-state index contributed by atoms with van der Waals surface area (Å²) >= 11 is 0. The molecule has 2 aromatic rings. The number of carbonyl (C=O) groups is 1. The Labute approximate surface area is 116 Å². The molecule has 0 saturated heterocycles. The first-order valence-electron chi connectivity index (χ1n) is 6.47. The van der Waals surface area contributed by atoms with E-state index < -0.39 is 5.97 Å². The highest BCUT2D eigenvalue weighted by atomic mass is 16.5. The van der Waals surface area contributed by atoms with Gasteiger partial charge in [-0.3, -0.25) is 4.79 Å². The molecule has 0 amide bonds. The van der Waals surface area contributed by atoms with Crippen LogP contribution in [0.1, 0.15) is 17.3 Å². The van der Waals surface area contributed by atoms with Gasteiger partial charge in [-0.05, 0) is 19.1 Å². The monoisotopic (exact) mass is 275 g/mol. The van der Waals surface area contributed by atoms with Crippen LogP contribution in [-0.2, 0) is 16.0 Å². The lowest BCUT2D eigenvalue weighted by Crippen LogP contribution is -2.21. The fourth-order valence-corrected chi connectivity index (χ4v) is 2.07. The zero-order chi connectivity index (χ0) is 14.5. The smallest absolute Gasteiger partial charge is 0.343 e. The lowest BCUT2D eigenvalue weighted by Gasteiger charge is -2.12. The lowest BCUT2D eigenvalue weighted by molar-refractivity contribution is 0.0524. The van der Waals surface area contributed by atoms with Gasteiger partial charge in [0.15, 0.2) is 0 Å². The van der Waals surface area contributed by atoms with Gasteiger partial charge >= 0.3 is 5.97 Å². The van der Waals surface area contributed by atoms with E-state index in [1.807, 2.05) is 16.7 Å². The molecule has 1 heterocycles. The summed E-state index contributed by atoms with van der Waals surface area (Å²) in [5, 5.41) is 0.508. The summed E-state index contributed by atoms with van der Waals surface area (Å²) in [7, 11) is 1.61. The third kappa shape index (κ3) is 2.72. The Morgan fingerprint density at radius 2 is 2.05 bits per heavy atom. The lowest BCUT2D eigenvalue weighted by atomic mass is 10.1. The van der Waals surface area contributed by atoms with Crippen molar-refractivity contribution in [2.24, 2.45) is 0 Å². The first-order chi connectivity index (χ1) is 9.69. The van der Waals surface area contributed by atoms with Crippen LogP contribution in [0.3, 0.4) is 0 Å². The molecule has 0 radical (unpaired) electrons. The molecule has 0 saturated carbocycles. The van der Waals surface area contributed by atoms with E-state index in [1.54, 1.807) is 32.4 Å². The predicted molar refractivity (Wildman–Crippen MR) is 76.0 cm³/mol. The Hall–Kier alpha value is -2.14. The standard InChI is InChI=1S/C15H17NO4/c1-3-20-15(18)12-10-16(8-9-19-2)13-7-5-4-6-11(13)14(12)17/h4-7,10H,3,8-9H2,1-2H3. The summed E-state index contributed by atoms with van der Waals surface area (Å²) in [6.45, 7) is 3.00. The minimum Gasteiger partial charge on any atom is -0.462 e. The van der Waals surface area contributed by atoms with Gasteiger partial charge in [0.25, 0.3) is 0 Å². The molecule has 0 spiro atoms. The van der Waals surface area contributed by atoms with Gasteiger partial charge in [-0.15, -0.1) is 0 Å². The second kappa shape index (κ2) is 6.34. The second-order valence-electron chi connectivity index (χ2n) is 4.30. The SMILES string of the molecule is CCOC(=O)c1cn(CCOC)c2ccccc2c1=O. The van der Waals surface area contributed by atoms with Crippen LogP contribution >= 0.6 is 0 Å². The Bertz CT molecular complexity index is 675. The number of pyridine rings is 1. The average molecular weight is 275 g/mol. The van der Waals surface area contributed by atoms with Crippen molar-refractivity contribution in [2.45, 2.75) is 13.5 Å². The third-order valence-electron chi connectivity index (χ3n) is 3.02. The number of fused-ring (bicyclic) bond motifs is 1. The first kappa shape index (κ1) is 14.3. The summed E-state index contributed by atoms with van der Waals surface area (Å²) in [5.41, 5.74) is 0.539. The van der Waals surface area contributed by atoms with E-state index in [9.17, 15) is 9.59 Å². The molecule has 106 valence electrons. The molecular weight excluding hydrogens is 258 g/mol. The zero-order valence-electron chi connectivity index (χ0n) is 11.6. The van der Waals surface area contributed by atoms with E-state index in [1.165, 1.54) is 0 Å². The molecule has 0 bridgehead atoms. The first-order valence-corrected chi connectivity index (χ1v) is 6.47.